The van der Waals surface area contributed by atoms with Gasteiger partial charge in [-0.05, 0) is 13.8 Å². The van der Waals surface area contributed by atoms with E-state index in [2.05, 4.69) is 5.10 Å². The average molecular weight is 302 g/mol. The maximum absolute atomic E-state index is 12.7. The van der Waals surface area contributed by atoms with E-state index in [1.54, 1.807) is 13.8 Å². The fraction of sp³-hybridized carbons (Fsp3) is 0.600. The van der Waals surface area contributed by atoms with Crippen LogP contribution >= 0.6 is 11.6 Å². The van der Waals surface area contributed by atoms with Gasteiger partial charge in [0.15, 0.2) is 0 Å². The fourth-order valence-corrected chi connectivity index (χ4v) is 1.43. The predicted molar refractivity (Wildman–Crippen MR) is 63.3 cm³/mol. The van der Waals surface area contributed by atoms with Crippen LogP contribution in [0.3, 0.4) is 0 Å². The Kier molecular flexibility index (Phi) is 4.78. The van der Waals surface area contributed by atoms with E-state index in [4.69, 9.17) is 11.6 Å². The van der Waals surface area contributed by atoms with Crippen LogP contribution in [0.25, 0.3) is 0 Å². The second kappa shape index (κ2) is 5.77. The van der Waals surface area contributed by atoms with Crippen LogP contribution in [0.5, 0.6) is 0 Å². The second-order valence-electron chi connectivity index (χ2n) is 4.13. The molecule has 0 bridgehead atoms. The van der Waals surface area contributed by atoms with Crippen LogP contribution < -0.4 is 10.9 Å². The lowest BCUT2D eigenvalue weighted by Gasteiger charge is -2.17. The summed E-state index contributed by atoms with van der Waals surface area (Å²) in [5.74, 6) is -4.21. The van der Waals surface area contributed by atoms with E-state index in [-0.39, 0.29) is 16.8 Å². The summed E-state index contributed by atoms with van der Waals surface area (Å²) in [6.45, 7) is 2.03. The molecular weight excluding hydrogens is 290 g/mol. The van der Waals surface area contributed by atoms with Gasteiger partial charge in [0.05, 0.1) is 24.5 Å². The molecule has 1 heterocycles. The Morgan fingerprint density at radius 2 is 2.05 bits per heavy atom. The van der Waals surface area contributed by atoms with Crippen molar-refractivity contribution in [1.29, 1.82) is 0 Å². The number of alkyl halides is 4. The molecule has 1 rings (SSSR count). The molecule has 0 saturated heterocycles. The molecular formula is C10H12ClF4N3O. The minimum absolute atomic E-state index is 0.205. The van der Waals surface area contributed by atoms with Crippen LogP contribution in [-0.2, 0) is 0 Å². The summed E-state index contributed by atoms with van der Waals surface area (Å²) in [7, 11) is 0. The van der Waals surface area contributed by atoms with Crippen molar-refractivity contribution < 1.29 is 17.6 Å². The number of hydrogen-bond donors (Lipinski definition) is 1. The lowest BCUT2D eigenvalue weighted by atomic mass is 10.3. The van der Waals surface area contributed by atoms with Gasteiger partial charge in [-0.2, -0.15) is 13.9 Å². The normalized spacial score (nSPS) is 12.3. The van der Waals surface area contributed by atoms with Gasteiger partial charge in [-0.25, -0.2) is 13.5 Å². The molecule has 4 nitrogen and oxygen atoms in total. The molecule has 0 unspecified atom stereocenters. The summed E-state index contributed by atoms with van der Waals surface area (Å²) in [6.07, 6.45) is -2.76. The van der Waals surface area contributed by atoms with E-state index in [0.29, 0.717) is 0 Å². The number of nitrogens with zero attached hydrogens (tertiary/aromatic N) is 2. The largest absolute Gasteiger partial charge is 0.376 e. The lowest BCUT2D eigenvalue weighted by Crippen LogP contribution is -2.35. The Balaban J connectivity index is 2.93. The molecule has 1 aromatic heterocycles. The van der Waals surface area contributed by atoms with Crippen molar-refractivity contribution >= 4 is 17.3 Å². The summed E-state index contributed by atoms with van der Waals surface area (Å²) >= 11 is 5.68. The van der Waals surface area contributed by atoms with Crippen LogP contribution in [0.1, 0.15) is 19.9 Å². The zero-order valence-corrected chi connectivity index (χ0v) is 10.9. The molecule has 0 aliphatic heterocycles. The van der Waals surface area contributed by atoms with Crippen LogP contribution in [0, 0.1) is 0 Å². The second-order valence-corrected chi connectivity index (χ2v) is 4.51. The first-order valence-electron chi connectivity index (χ1n) is 5.34. The highest BCUT2D eigenvalue weighted by Gasteiger charge is 2.40. The Morgan fingerprint density at radius 1 is 1.47 bits per heavy atom. The Bertz CT molecular complexity index is 504. The number of nitrogens with one attached hydrogen (secondary N) is 1. The van der Waals surface area contributed by atoms with E-state index in [1.165, 1.54) is 0 Å². The third kappa shape index (κ3) is 3.59. The van der Waals surface area contributed by atoms with E-state index in [9.17, 15) is 22.4 Å². The van der Waals surface area contributed by atoms with Gasteiger partial charge >= 0.3 is 12.3 Å². The summed E-state index contributed by atoms with van der Waals surface area (Å²) in [5, 5.41) is 5.35. The molecule has 0 spiro atoms. The third-order valence-electron chi connectivity index (χ3n) is 2.27. The van der Waals surface area contributed by atoms with Crippen LogP contribution in [0.4, 0.5) is 23.2 Å². The first-order valence-corrected chi connectivity index (χ1v) is 5.71. The standard InChI is InChI=1S/C10H12ClF4N3O/c1-5(2)18-8(19)7(11)6(3-17-18)16-4-10(14,15)9(12)13/h3,5,9,16H,4H2,1-2H3. The first-order chi connectivity index (χ1) is 8.66. The lowest BCUT2D eigenvalue weighted by molar-refractivity contribution is -0.117. The highest BCUT2D eigenvalue weighted by atomic mass is 35.5. The van der Waals surface area contributed by atoms with Crippen molar-refractivity contribution in [3.63, 3.8) is 0 Å². The van der Waals surface area contributed by atoms with E-state index in [1.807, 2.05) is 5.32 Å². The highest BCUT2D eigenvalue weighted by molar-refractivity contribution is 6.32. The minimum atomic E-state index is -4.21. The van der Waals surface area contributed by atoms with E-state index in [0.717, 1.165) is 10.9 Å². The molecule has 0 radical (unpaired) electrons. The topological polar surface area (TPSA) is 46.9 Å². The molecule has 1 N–H and O–H groups in total. The van der Waals surface area contributed by atoms with Crippen LogP contribution in [0.2, 0.25) is 5.02 Å². The summed E-state index contributed by atoms with van der Waals surface area (Å²) in [4.78, 5) is 11.7. The molecule has 19 heavy (non-hydrogen) atoms. The van der Waals surface area contributed by atoms with Crippen molar-refractivity contribution in [2.75, 3.05) is 11.9 Å². The zero-order valence-electron chi connectivity index (χ0n) is 10.1. The molecule has 0 atom stereocenters. The summed E-state index contributed by atoms with van der Waals surface area (Å²) in [6, 6.07) is -0.262. The smallest absolute Gasteiger partial charge is 0.324 e. The van der Waals surface area contributed by atoms with Crippen molar-refractivity contribution in [1.82, 2.24) is 9.78 Å². The van der Waals surface area contributed by atoms with E-state index < -0.39 is 24.5 Å². The number of rotatable bonds is 5. The van der Waals surface area contributed by atoms with Gasteiger partial charge in [0.2, 0.25) is 0 Å². The van der Waals surface area contributed by atoms with Gasteiger partial charge in [0.1, 0.15) is 5.02 Å². The molecule has 0 fully saturated rings. The molecule has 0 saturated carbocycles. The quantitative estimate of drug-likeness (QED) is 0.851. The summed E-state index contributed by atoms with van der Waals surface area (Å²) in [5.41, 5.74) is -0.883. The molecule has 0 aromatic carbocycles. The predicted octanol–water partition coefficient (Wildman–Crippen LogP) is 2.79. The monoisotopic (exact) mass is 301 g/mol. The fourth-order valence-electron chi connectivity index (χ4n) is 1.23. The number of aromatic nitrogens is 2. The molecule has 0 aliphatic carbocycles. The zero-order chi connectivity index (χ0) is 14.8. The van der Waals surface area contributed by atoms with Crippen molar-refractivity contribution in [2.24, 2.45) is 0 Å². The molecule has 108 valence electrons. The summed E-state index contributed by atoms with van der Waals surface area (Å²) < 4.78 is 50.4. The van der Waals surface area contributed by atoms with Gasteiger partial charge in [0, 0.05) is 0 Å². The average Bonchev–Trinajstić information content (AvgIpc) is 2.30. The Hall–Kier alpha value is -1.31. The first kappa shape index (κ1) is 15.7. The van der Waals surface area contributed by atoms with Crippen LogP contribution in [0.15, 0.2) is 11.0 Å². The molecule has 0 amide bonds. The Morgan fingerprint density at radius 3 is 2.53 bits per heavy atom. The Labute approximate surface area is 111 Å². The van der Waals surface area contributed by atoms with Gasteiger partial charge in [-0.15, -0.1) is 0 Å². The van der Waals surface area contributed by atoms with Crippen LogP contribution in [-0.4, -0.2) is 28.7 Å². The number of halogens is 5. The SMILES string of the molecule is CC(C)n1ncc(NCC(F)(F)C(F)F)c(Cl)c1=O. The van der Waals surface area contributed by atoms with Crippen molar-refractivity contribution in [3.05, 3.63) is 21.6 Å². The molecule has 9 heteroatoms. The van der Waals surface area contributed by atoms with E-state index >= 15 is 0 Å². The highest BCUT2D eigenvalue weighted by Crippen LogP contribution is 2.24. The van der Waals surface area contributed by atoms with Gasteiger partial charge in [-0.1, -0.05) is 11.6 Å². The van der Waals surface area contributed by atoms with Gasteiger partial charge in [-0.3, -0.25) is 4.79 Å². The number of hydrogen-bond acceptors (Lipinski definition) is 3. The minimum Gasteiger partial charge on any atom is -0.376 e. The molecule has 1 aromatic rings. The van der Waals surface area contributed by atoms with Crippen molar-refractivity contribution in [3.8, 4) is 0 Å². The van der Waals surface area contributed by atoms with Gasteiger partial charge in [0.25, 0.3) is 5.56 Å². The maximum atomic E-state index is 12.7. The third-order valence-corrected chi connectivity index (χ3v) is 2.63. The number of anilines is 1. The van der Waals surface area contributed by atoms with Gasteiger partial charge < -0.3 is 5.32 Å². The molecule has 0 aliphatic rings. The van der Waals surface area contributed by atoms with Crippen molar-refractivity contribution in [2.45, 2.75) is 32.2 Å². The maximum Gasteiger partial charge on any atom is 0.324 e.